The van der Waals surface area contributed by atoms with E-state index >= 15 is 0 Å². The summed E-state index contributed by atoms with van der Waals surface area (Å²) in [4.78, 5) is 12.3. The first-order chi connectivity index (χ1) is 13.1. The van der Waals surface area contributed by atoms with E-state index in [0.717, 1.165) is 24.1 Å². The van der Waals surface area contributed by atoms with Gasteiger partial charge in [0.2, 0.25) is 5.91 Å². The molecular weight excluding hydrogens is 470 g/mol. The topological polar surface area (TPSA) is 88.8 Å². The third-order valence-corrected chi connectivity index (χ3v) is 5.66. The first kappa shape index (κ1) is 19.5. The lowest BCUT2D eigenvalue weighted by atomic mass is 10.1. The van der Waals surface area contributed by atoms with Gasteiger partial charge in [-0.15, -0.1) is 0 Å². The summed E-state index contributed by atoms with van der Waals surface area (Å²) in [5, 5.41) is 22.9. The van der Waals surface area contributed by atoms with Crippen molar-refractivity contribution >= 4 is 51.8 Å². The Morgan fingerprint density at radius 3 is 2.93 bits per heavy atom. The molecule has 27 heavy (non-hydrogen) atoms. The molecule has 5 nitrogen and oxygen atoms in total. The molecule has 2 unspecified atom stereocenters. The van der Waals surface area contributed by atoms with Gasteiger partial charge in [-0.1, -0.05) is 30.3 Å². The first-order valence-electron chi connectivity index (χ1n) is 8.43. The van der Waals surface area contributed by atoms with E-state index in [2.05, 4.69) is 44.6 Å². The maximum atomic E-state index is 12.3. The number of carbonyl (C=O) groups is 1. The number of anilines is 1. The van der Waals surface area contributed by atoms with E-state index in [4.69, 9.17) is 10.7 Å². The highest BCUT2D eigenvalue weighted by atomic mass is 127. The van der Waals surface area contributed by atoms with Crippen molar-refractivity contribution in [2.24, 2.45) is 0 Å². The summed E-state index contributed by atoms with van der Waals surface area (Å²) in [5.41, 5.74) is 4.54. The van der Waals surface area contributed by atoms with Crippen LogP contribution in [0, 0.1) is 16.7 Å². The molecule has 0 saturated carbocycles. The minimum atomic E-state index is -0.129. The molecular formula is C20H18IN4OP. The van der Waals surface area contributed by atoms with Gasteiger partial charge in [0.1, 0.15) is 11.8 Å². The van der Waals surface area contributed by atoms with Crippen molar-refractivity contribution in [2.75, 3.05) is 5.09 Å². The summed E-state index contributed by atoms with van der Waals surface area (Å²) in [6.45, 7) is 0. The number of halogens is 1. The zero-order valence-corrected chi connectivity index (χ0v) is 17.6. The summed E-state index contributed by atoms with van der Waals surface area (Å²) >= 11 is 2.20. The van der Waals surface area contributed by atoms with Crippen molar-refractivity contribution in [3.05, 3.63) is 70.8 Å². The highest BCUT2D eigenvalue weighted by Crippen LogP contribution is 2.31. The summed E-state index contributed by atoms with van der Waals surface area (Å²) in [6.07, 6.45) is 5.61. The monoisotopic (exact) mass is 488 g/mol. The normalized spacial score (nSPS) is 15.6. The van der Waals surface area contributed by atoms with Crippen molar-refractivity contribution in [1.82, 2.24) is 5.32 Å². The summed E-state index contributed by atoms with van der Waals surface area (Å²) < 4.78 is 0. The first-order valence-corrected chi connectivity index (χ1v) is 12.5. The maximum absolute atomic E-state index is 12.3. The molecule has 3 N–H and O–H groups in total. The molecule has 0 bridgehead atoms. The molecule has 0 radical (unpaired) electrons. The van der Waals surface area contributed by atoms with Gasteiger partial charge in [-0.3, -0.25) is 10.2 Å². The number of fused-ring (bicyclic) bond motifs is 1. The number of benzene rings is 2. The number of hydrogen-bond donors (Lipinski definition) is 3. The van der Waals surface area contributed by atoms with Crippen LogP contribution in [0.25, 0.3) is 6.08 Å². The molecule has 2 aromatic rings. The van der Waals surface area contributed by atoms with Crippen molar-refractivity contribution in [3.63, 3.8) is 0 Å². The average Bonchev–Trinajstić information content (AvgIpc) is 3.09. The standard InChI is InChI=1S/C20H18IN4OP/c21-27-25-19-11-13(5-8-16(19)17(23)12-22)6-10-20(26)24-18-9-7-14-3-1-2-4-15(14)18/h1-6,8,10-11,18,23,25,27H,7,9H2,(H,24,26)/b10-6+,23-17?. The minimum Gasteiger partial charge on any atom is -0.358 e. The number of hydrogen-bond acceptors (Lipinski definition) is 4. The SMILES string of the molecule is N#CC(=N)c1ccc(/C=C/C(=O)NC2CCc3ccccc32)cc1NPI. The summed E-state index contributed by atoms with van der Waals surface area (Å²) in [7, 11) is 0. The van der Waals surface area contributed by atoms with Crippen molar-refractivity contribution in [2.45, 2.75) is 18.9 Å². The van der Waals surface area contributed by atoms with Gasteiger partial charge in [-0.25, -0.2) is 0 Å². The fourth-order valence-electron chi connectivity index (χ4n) is 3.20. The largest absolute Gasteiger partial charge is 0.358 e. The Morgan fingerprint density at radius 1 is 1.33 bits per heavy atom. The van der Waals surface area contributed by atoms with Crippen LogP contribution in [0.3, 0.4) is 0 Å². The van der Waals surface area contributed by atoms with Crippen LogP contribution in [0.5, 0.6) is 0 Å². The lowest BCUT2D eigenvalue weighted by Gasteiger charge is -2.12. The molecule has 1 aliphatic rings. The van der Waals surface area contributed by atoms with Gasteiger partial charge in [0.15, 0.2) is 0 Å². The van der Waals surface area contributed by atoms with Crippen molar-refractivity contribution in [1.29, 1.82) is 10.7 Å². The Morgan fingerprint density at radius 2 is 2.15 bits per heavy atom. The van der Waals surface area contributed by atoms with Gasteiger partial charge in [-0.05, 0) is 69.8 Å². The molecule has 136 valence electrons. The number of aryl methyl sites for hydroxylation is 1. The average molecular weight is 488 g/mol. The Balaban J connectivity index is 1.70. The number of nitrogens with zero attached hydrogens (tertiary/aromatic N) is 1. The lowest BCUT2D eigenvalue weighted by Crippen LogP contribution is -2.25. The molecule has 2 atom stereocenters. The number of nitriles is 1. The molecule has 0 heterocycles. The van der Waals surface area contributed by atoms with Crippen LogP contribution >= 0.6 is 28.4 Å². The fraction of sp³-hybridized carbons (Fsp3) is 0.150. The predicted molar refractivity (Wildman–Crippen MR) is 120 cm³/mol. The smallest absolute Gasteiger partial charge is 0.244 e. The molecule has 3 rings (SSSR count). The fourth-order valence-corrected chi connectivity index (χ4v) is 4.38. The number of amides is 1. The van der Waals surface area contributed by atoms with E-state index in [1.54, 1.807) is 18.2 Å². The quantitative estimate of drug-likeness (QED) is 0.237. The molecule has 1 amide bonds. The van der Waals surface area contributed by atoms with Gasteiger partial charge < -0.3 is 10.4 Å². The third-order valence-electron chi connectivity index (χ3n) is 4.48. The molecule has 0 aliphatic heterocycles. The van der Waals surface area contributed by atoms with Gasteiger partial charge in [-0.2, -0.15) is 5.26 Å². The van der Waals surface area contributed by atoms with Gasteiger partial charge in [0, 0.05) is 23.7 Å². The van der Waals surface area contributed by atoms with Crippen LogP contribution in [0.1, 0.15) is 34.7 Å². The zero-order valence-electron chi connectivity index (χ0n) is 14.4. The Hall–Kier alpha value is -2.23. The predicted octanol–water partition coefficient (Wildman–Crippen LogP) is 4.75. The molecule has 0 aromatic heterocycles. The van der Waals surface area contributed by atoms with Crippen molar-refractivity contribution in [3.8, 4) is 6.07 Å². The second-order valence-corrected chi connectivity index (χ2v) is 8.20. The Bertz CT molecular complexity index is 951. The molecule has 7 heteroatoms. The number of carbonyl (C=O) groups excluding carboxylic acids is 1. The van der Waals surface area contributed by atoms with Gasteiger partial charge in [0.05, 0.1) is 6.04 Å². The summed E-state index contributed by atoms with van der Waals surface area (Å²) in [6, 6.07) is 15.5. The minimum absolute atomic E-state index is 0.0641. The third kappa shape index (κ3) is 4.74. The van der Waals surface area contributed by atoms with E-state index in [9.17, 15) is 4.79 Å². The van der Waals surface area contributed by atoms with Crippen LogP contribution < -0.4 is 10.4 Å². The van der Waals surface area contributed by atoms with Crippen molar-refractivity contribution < 1.29 is 4.79 Å². The number of nitrogens with one attached hydrogen (secondary N) is 3. The molecule has 0 fully saturated rings. The Labute approximate surface area is 173 Å². The van der Waals surface area contributed by atoms with Gasteiger partial charge >= 0.3 is 0 Å². The Kier molecular flexibility index (Phi) is 6.59. The highest BCUT2D eigenvalue weighted by molar-refractivity contribution is 14.2. The molecule has 0 saturated heterocycles. The van der Waals surface area contributed by atoms with Crippen LogP contribution in [0.4, 0.5) is 5.69 Å². The second kappa shape index (κ2) is 9.12. The molecule has 2 aromatic carbocycles. The van der Waals surface area contributed by atoms with E-state index in [0.29, 0.717) is 11.9 Å². The zero-order chi connectivity index (χ0) is 19.2. The maximum Gasteiger partial charge on any atom is 0.244 e. The van der Waals surface area contributed by atoms with Crippen LogP contribution in [0.2, 0.25) is 0 Å². The summed E-state index contributed by atoms with van der Waals surface area (Å²) in [5.74, 6) is -0.129. The lowest BCUT2D eigenvalue weighted by molar-refractivity contribution is -0.117. The molecule has 0 spiro atoms. The van der Waals surface area contributed by atoms with E-state index in [1.807, 2.05) is 24.3 Å². The van der Waals surface area contributed by atoms with Crippen LogP contribution in [-0.2, 0) is 11.2 Å². The van der Waals surface area contributed by atoms with E-state index < -0.39 is 0 Å². The van der Waals surface area contributed by atoms with Gasteiger partial charge in [0.25, 0.3) is 0 Å². The van der Waals surface area contributed by atoms with E-state index in [1.165, 1.54) is 17.2 Å². The highest BCUT2D eigenvalue weighted by Gasteiger charge is 2.22. The second-order valence-electron chi connectivity index (χ2n) is 6.14. The van der Waals surface area contributed by atoms with Crippen LogP contribution in [-0.4, -0.2) is 11.6 Å². The van der Waals surface area contributed by atoms with Crippen LogP contribution in [0.15, 0.2) is 48.5 Å². The number of rotatable bonds is 6. The van der Waals surface area contributed by atoms with E-state index in [-0.39, 0.29) is 17.7 Å². The molecule has 1 aliphatic carbocycles.